The van der Waals surface area contributed by atoms with E-state index in [1.54, 1.807) is 18.2 Å². The Morgan fingerprint density at radius 2 is 2.28 bits per heavy atom. The van der Waals surface area contributed by atoms with Gasteiger partial charge < -0.3 is 10.1 Å². The van der Waals surface area contributed by atoms with Gasteiger partial charge in [-0.3, -0.25) is 10.1 Å². The van der Waals surface area contributed by atoms with Crippen molar-refractivity contribution < 1.29 is 14.5 Å². The number of nitrogens with one attached hydrogen (secondary N) is 1. The Labute approximate surface area is 104 Å². The monoisotopic (exact) mass is 250 g/mol. The van der Waals surface area contributed by atoms with Gasteiger partial charge in [0.1, 0.15) is 11.7 Å². The minimum absolute atomic E-state index is 0.0875. The average Bonchev–Trinajstić information content (AvgIpc) is 2.37. The maximum atomic E-state index is 11.5. The van der Waals surface area contributed by atoms with E-state index in [1.807, 2.05) is 0 Å². The van der Waals surface area contributed by atoms with Gasteiger partial charge in [-0.2, -0.15) is 0 Å². The van der Waals surface area contributed by atoms with Crippen molar-refractivity contribution in [1.82, 2.24) is 0 Å². The Kier molecular flexibility index (Phi) is 4.86. The van der Waals surface area contributed by atoms with E-state index in [4.69, 9.17) is 0 Å². The van der Waals surface area contributed by atoms with Crippen molar-refractivity contribution in [3.8, 4) is 0 Å². The van der Waals surface area contributed by atoms with E-state index in [-0.39, 0.29) is 11.4 Å². The average molecular weight is 250 g/mol. The number of carbonyl (C=O) groups excluding carboxylic acids is 1. The summed E-state index contributed by atoms with van der Waals surface area (Å²) in [5.74, 6) is -0.493. The van der Waals surface area contributed by atoms with Crippen molar-refractivity contribution in [3.63, 3.8) is 0 Å². The number of rotatable bonds is 6. The second-order valence-electron chi connectivity index (χ2n) is 3.52. The van der Waals surface area contributed by atoms with Crippen LogP contribution in [-0.4, -0.2) is 24.0 Å². The van der Waals surface area contributed by atoms with Crippen molar-refractivity contribution in [3.05, 3.63) is 47.0 Å². The minimum atomic E-state index is -0.686. The maximum absolute atomic E-state index is 11.5. The molecule has 0 saturated heterocycles. The summed E-state index contributed by atoms with van der Waals surface area (Å²) in [4.78, 5) is 21.8. The zero-order valence-corrected chi connectivity index (χ0v) is 9.96. The van der Waals surface area contributed by atoms with Crippen LogP contribution in [0.5, 0.6) is 0 Å². The highest BCUT2D eigenvalue weighted by Crippen LogP contribution is 2.24. The fourth-order valence-electron chi connectivity index (χ4n) is 1.47. The third-order valence-electron chi connectivity index (χ3n) is 2.32. The molecule has 18 heavy (non-hydrogen) atoms. The Bertz CT molecular complexity index is 459. The molecule has 0 aliphatic carbocycles. The van der Waals surface area contributed by atoms with Gasteiger partial charge in [0.25, 0.3) is 5.69 Å². The molecule has 0 spiro atoms. The summed E-state index contributed by atoms with van der Waals surface area (Å²) < 4.78 is 4.62. The lowest BCUT2D eigenvalue weighted by molar-refractivity contribution is -0.384. The zero-order chi connectivity index (χ0) is 13.5. The van der Waals surface area contributed by atoms with Gasteiger partial charge in [-0.05, 0) is 12.5 Å². The standard InChI is InChI=1S/C12H14N2O4/c1-3-6-10(12(15)18-2)13-9-7-4-5-8-11(9)14(16)17/h3-5,7-8,10,13H,1,6H2,2H3/t10-/m1/s1. The number of nitro benzene ring substituents is 1. The van der Waals surface area contributed by atoms with Gasteiger partial charge in [0.15, 0.2) is 0 Å². The number of nitro groups is 1. The second-order valence-corrected chi connectivity index (χ2v) is 3.52. The molecule has 6 nitrogen and oxygen atoms in total. The second kappa shape index (κ2) is 6.39. The van der Waals surface area contributed by atoms with Crippen molar-refractivity contribution in [2.24, 2.45) is 0 Å². The van der Waals surface area contributed by atoms with Crippen LogP contribution in [-0.2, 0) is 9.53 Å². The molecule has 0 aliphatic rings. The van der Waals surface area contributed by atoms with Crippen molar-refractivity contribution >= 4 is 17.3 Å². The number of carbonyl (C=O) groups is 1. The predicted octanol–water partition coefficient (Wildman–Crippen LogP) is 2.12. The highest BCUT2D eigenvalue weighted by Gasteiger charge is 2.21. The largest absolute Gasteiger partial charge is 0.467 e. The molecule has 0 fully saturated rings. The number of nitrogens with zero attached hydrogens (tertiary/aromatic N) is 1. The minimum Gasteiger partial charge on any atom is -0.467 e. The molecule has 0 heterocycles. The SMILES string of the molecule is C=CC[C@@H](Nc1ccccc1[N+](=O)[O-])C(=O)OC. The van der Waals surface area contributed by atoms with Gasteiger partial charge in [-0.15, -0.1) is 6.58 Å². The molecule has 6 heteroatoms. The molecular formula is C12H14N2O4. The van der Waals surface area contributed by atoms with Crippen LogP contribution in [0.25, 0.3) is 0 Å². The van der Waals surface area contributed by atoms with E-state index in [0.29, 0.717) is 6.42 Å². The number of benzene rings is 1. The Hall–Kier alpha value is -2.37. The smallest absolute Gasteiger partial charge is 0.328 e. The lowest BCUT2D eigenvalue weighted by Crippen LogP contribution is -2.30. The first-order chi connectivity index (χ1) is 8.60. The van der Waals surface area contributed by atoms with E-state index in [1.165, 1.54) is 19.2 Å². The number of hydrogen-bond donors (Lipinski definition) is 1. The molecule has 0 aromatic heterocycles. The molecule has 0 unspecified atom stereocenters. The van der Waals surface area contributed by atoms with Gasteiger partial charge >= 0.3 is 5.97 Å². The number of para-hydroxylation sites is 2. The predicted molar refractivity (Wildman–Crippen MR) is 67.3 cm³/mol. The molecular weight excluding hydrogens is 236 g/mol. The summed E-state index contributed by atoms with van der Waals surface area (Å²) in [7, 11) is 1.26. The first kappa shape index (κ1) is 13.7. The van der Waals surface area contributed by atoms with E-state index >= 15 is 0 Å². The Morgan fingerprint density at radius 3 is 2.83 bits per heavy atom. The van der Waals surface area contributed by atoms with E-state index in [9.17, 15) is 14.9 Å². The molecule has 1 aromatic carbocycles. The summed E-state index contributed by atoms with van der Waals surface area (Å²) in [6.45, 7) is 3.53. The molecule has 0 amide bonds. The van der Waals surface area contributed by atoms with Crippen LogP contribution in [0.3, 0.4) is 0 Å². The van der Waals surface area contributed by atoms with Crippen LogP contribution < -0.4 is 5.32 Å². The molecule has 0 saturated carbocycles. The molecule has 1 aromatic rings. The number of anilines is 1. The molecule has 0 bridgehead atoms. The summed E-state index contributed by atoms with van der Waals surface area (Å²) >= 11 is 0. The van der Waals surface area contributed by atoms with E-state index in [2.05, 4.69) is 16.6 Å². The molecule has 1 rings (SSSR count). The highest BCUT2D eigenvalue weighted by atomic mass is 16.6. The molecule has 0 radical (unpaired) electrons. The fraction of sp³-hybridized carbons (Fsp3) is 0.250. The van der Waals surface area contributed by atoms with Crippen LogP contribution in [0.15, 0.2) is 36.9 Å². The van der Waals surface area contributed by atoms with Gasteiger partial charge in [-0.25, -0.2) is 4.79 Å². The third-order valence-corrected chi connectivity index (χ3v) is 2.32. The lowest BCUT2D eigenvalue weighted by Gasteiger charge is -2.15. The van der Waals surface area contributed by atoms with Gasteiger partial charge in [0, 0.05) is 6.07 Å². The normalized spacial score (nSPS) is 11.4. The Morgan fingerprint density at radius 1 is 1.61 bits per heavy atom. The summed E-state index contributed by atoms with van der Waals surface area (Å²) in [6, 6.07) is 5.43. The maximum Gasteiger partial charge on any atom is 0.328 e. The highest BCUT2D eigenvalue weighted by molar-refractivity contribution is 5.80. The van der Waals surface area contributed by atoms with Crippen molar-refractivity contribution in [2.45, 2.75) is 12.5 Å². The van der Waals surface area contributed by atoms with E-state index in [0.717, 1.165) is 0 Å². The van der Waals surface area contributed by atoms with Crippen LogP contribution >= 0.6 is 0 Å². The summed E-state index contributed by atoms with van der Waals surface area (Å²) in [5.41, 5.74) is 0.190. The van der Waals surface area contributed by atoms with Gasteiger partial charge in [-0.1, -0.05) is 18.2 Å². The van der Waals surface area contributed by atoms with Crippen LogP contribution in [0.1, 0.15) is 6.42 Å². The van der Waals surface area contributed by atoms with Crippen molar-refractivity contribution in [2.75, 3.05) is 12.4 Å². The number of ether oxygens (including phenoxy) is 1. The lowest BCUT2D eigenvalue weighted by atomic mass is 10.2. The van der Waals surface area contributed by atoms with Crippen molar-refractivity contribution in [1.29, 1.82) is 0 Å². The third kappa shape index (κ3) is 3.31. The van der Waals surface area contributed by atoms with Crippen LogP contribution in [0.2, 0.25) is 0 Å². The quantitative estimate of drug-likeness (QED) is 0.362. The molecule has 0 aliphatic heterocycles. The molecule has 96 valence electrons. The molecule has 1 atom stereocenters. The first-order valence-corrected chi connectivity index (χ1v) is 5.28. The molecule has 1 N–H and O–H groups in total. The van der Waals surface area contributed by atoms with E-state index < -0.39 is 16.9 Å². The van der Waals surface area contributed by atoms with Gasteiger partial charge in [0.05, 0.1) is 12.0 Å². The number of esters is 1. The fourth-order valence-corrected chi connectivity index (χ4v) is 1.47. The number of hydrogen-bond acceptors (Lipinski definition) is 5. The Balaban J connectivity index is 2.96. The van der Waals surface area contributed by atoms with Gasteiger partial charge in [0.2, 0.25) is 0 Å². The zero-order valence-electron chi connectivity index (χ0n) is 9.96. The van der Waals surface area contributed by atoms with Crippen LogP contribution in [0.4, 0.5) is 11.4 Å². The first-order valence-electron chi connectivity index (χ1n) is 5.28. The summed E-state index contributed by atoms with van der Waals surface area (Å²) in [5, 5.41) is 13.6. The van der Waals surface area contributed by atoms with Crippen LogP contribution in [0, 0.1) is 10.1 Å². The summed E-state index contributed by atoms with van der Waals surface area (Å²) in [6.07, 6.45) is 1.86. The topological polar surface area (TPSA) is 81.5 Å². The number of methoxy groups -OCH3 is 1.